The van der Waals surface area contributed by atoms with E-state index in [1.54, 1.807) is 11.0 Å². The van der Waals surface area contributed by atoms with Gasteiger partial charge in [0.05, 0.1) is 11.6 Å². The van der Waals surface area contributed by atoms with Crippen molar-refractivity contribution in [3.63, 3.8) is 0 Å². The van der Waals surface area contributed by atoms with Gasteiger partial charge in [-0.25, -0.2) is 4.79 Å². The molecule has 2 aliphatic heterocycles. The van der Waals surface area contributed by atoms with Crippen LogP contribution >= 0.6 is 0 Å². The highest BCUT2D eigenvalue weighted by Gasteiger charge is 2.39. The largest absolute Gasteiger partial charge is 0.445 e. The van der Waals surface area contributed by atoms with Crippen molar-refractivity contribution in [2.75, 3.05) is 0 Å². The van der Waals surface area contributed by atoms with Gasteiger partial charge in [-0.05, 0) is 60.9 Å². The Balaban J connectivity index is 1.56. The summed E-state index contributed by atoms with van der Waals surface area (Å²) in [5.74, 6) is 0. The lowest BCUT2D eigenvalue weighted by Crippen LogP contribution is -2.51. The Morgan fingerprint density at radius 3 is 2.57 bits per heavy atom. The molecule has 0 aromatic heterocycles. The van der Waals surface area contributed by atoms with E-state index in [4.69, 9.17) is 4.74 Å². The molecule has 3 nitrogen and oxygen atoms in total. The van der Waals surface area contributed by atoms with E-state index < -0.39 is 11.7 Å². The first-order chi connectivity index (χ1) is 14.3. The van der Waals surface area contributed by atoms with Crippen LogP contribution in [0, 0.1) is 6.92 Å². The fraction of sp³-hybridized carbons (Fsp3) is 0.375. The second-order valence-corrected chi connectivity index (χ2v) is 7.97. The number of nitrogens with zero attached hydrogens (tertiary/aromatic N) is 1. The zero-order valence-corrected chi connectivity index (χ0v) is 16.8. The van der Waals surface area contributed by atoms with Gasteiger partial charge in [-0.1, -0.05) is 48.5 Å². The molecule has 0 spiro atoms. The molecule has 6 heteroatoms. The van der Waals surface area contributed by atoms with Gasteiger partial charge in [0.15, 0.2) is 0 Å². The normalized spacial score (nSPS) is 21.2. The topological polar surface area (TPSA) is 29.5 Å². The molecule has 1 amide bonds. The molecule has 30 heavy (non-hydrogen) atoms. The number of alkyl halides is 3. The zero-order chi connectivity index (χ0) is 21.3. The van der Waals surface area contributed by atoms with E-state index in [2.05, 4.69) is 0 Å². The number of halogens is 3. The third-order valence-electron chi connectivity index (χ3n) is 6.04. The Morgan fingerprint density at radius 2 is 1.87 bits per heavy atom. The van der Waals surface area contributed by atoms with Crippen molar-refractivity contribution in [2.45, 2.75) is 57.5 Å². The molecule has 2 aromatic carbocycles. The lowest BCUT2D eigenvalue weighted by Gasteiger charge is -2.44. The SMILES string of the molecule is Cc1c(C2=CC3CCCC(C2)N3C(=O)OCc2ccccc2)cccc1C(F)(F)F. The Bertz CT molecular complexity index is 953. The molecule has 1 saturated heterocycles. The fourth-order valence-corrected chi connectivity index (χ4v) is 4.60. The van der Waals surface area contributed by atoms with Gasteiger partial charge in [0.25, 0.3) is 0 Å². The molecule has 2 bridgehead atoms. The van der Waals surface area contributed by atoms with E-state index in [1.165, 1.54) is 13.0 Å². The summed E-state index contributed by atoms with van der Waals surface area (Å²) in [6.45, 7) is 1.73. The number of carbonyl (C=O) groups is 1. The van der Waals surface area contributed by atoms with Crippen LogP contribution in [0.1, 0.15) is 47.9 Å². The highest BCUT2D eigenvalue weighted by Crippen LogP contribution is 2.41. The summed E-state index contributed by atoms with van der Waals surface area (Å²) in [5.41, 5.74) is 2.08. The van der Waals surface area contributed by atoms with Gasteiger partial charge < -0.3 is 4.74 Å². The van der Waals surface area contributed by atoms with E-state index in [0.29, 0.717) is 12.0 Å². The lowest BCUT2D eigenvalue weighted by atomic mass is 9.81. The lowest BCUT2D eigenvalue weighted by molar-refractivity contribution is -0.138. The molecule has 0 N–H and O–H groups in total. The molecular formula is C24H24F3NO2. The minimum absolute atomic E-state index is 0.0547. The zero-order valence-electron chi connectivity index (χ0n) is 16.8. The van der Waals surface area contributed by atoms with Crippen LogP contribution < -0.4 is 0 Å². The van der Waals surface area contributed by atoms with Crippen molar-refractivity contribution in [2.24, 2.45) is 0 Å². The van der Waals surface area contributed by atoms with E-state index in [9.17, 15) is 18.0 Å². The van der Waals surface area contributed by atoms with Crippen LogP contribution in [-0.4, -0.2) is 23.1 Å². The van der Waals surface area contributed by atoms with Gasteiger partial charge in [0.2, 0.25) is 0 Å². The second-order valence-electron chi connectivity index (χ2n) is 7.97. The molecule has 4 rings (SSSR count). The predicted octanol–water partition coefficient (Wildman–Crippen LogP) is 6.36. The van der Waals surface area contributed by atoms with E-state index >= 15 is 0 Å². The maximum Gasteiger partial charge on any atom is 0.416 e. The number of benzene rings is 2. The molecule has 0 radical (unpaired) electrons. The van der Waals surface area contributed by atoms with Gasteiger partial charge in [0, 0.05) is 6.04 Å². The average Bonchev–Trinajstić information content (AvgIpc) is 2.71. The number of hydrogen-bond donors (Lipinski definition) is 0. The van der Waals surface area contributed by atoms with Gasteiger partial charge in [-0.2, -0.15) is 13.2 Å². The standard InChI is InChI=1S/C24H24F3NO2/c1-16-21(11-6-12-22(16)24(25,26)27)18-13-19-9-5-10-20(14-18)28(19)23(29)30-15-17-7-3-2-4-8-17/h2-4,6-8,11-13,19-20H,5,9-10,14-15H2,1H3. The minimum atomic E-state index is -4.38. The first kappa shape index (κ1) is 20.5. The van der Waals surface area contributed by atoms with Gasteiger partial charge in [-0.15, -0.1) is 0 Å². The summed E-state index contributed by atoms with van der Waals surface area (Å²) in [5, 5.41) is 0. The molecule has 0 aliphatic carbocycles. The molecule has 2 aromatic rings. The summed E-state index contributed by atoms with van der Waals surface area (Å²) in [6, 6.07) is 13.6. The number of ether oxygens (including phenoxy) is 1. The van der Waals surface area contributed by atoms with E-state index in [-0.39, 0.29) is 30.3 Å². The van der Waals surface area contributed by atoms with Crippen LogP contribution in [0.15, 0.2) is 54.6 Å². The third-order valence-corrected chi connectivity index (χ3v) is 6.04. The monoisotopic (exact) mass is 415 g/mol. The van der Waals surface area contributed by atoms with Crippen molar-refractivity contribution < 1.29 is 22.7 Å². The van der Waals surface area contributed by atoms with Crippen molar-refractivity contribution in [3.8, 4) is 0 Å². The van der Waals surface area contributed by atoms with Crippen LogP contribution in [0.25, 0.3) is 5.57 Å². The van der Waals surface area contributed by atoms with Crippen LogP contribution in [-0.2, 0) is 17.5 Å². The minimum Gasteiger partial charge on any atom is -0.445 e. The fourth-order valence-electron chi connectivity index (χ4n) is 4.60. The first-order valence-corrected chi connectivity index (χ1v) is 10.2. The van der Waals surface area contributed by atoms with Gasteiger partial charge in [0.1, 0.15) is 6.61 Å². The number of hydrogen-bond acceptors (Lipinski definition) is 2. The molecule has 2 atom stereocenters. The summed E-state index contributed by atoms with van der Waals surface area (Å²) in [4.78, 5) is 14.6. The van der Waals surface area contributed by atoms with Crippen LogP contribution in [0.4, 0.5) is 18.0 Å². The molecule has 158 valence electrons. The van der Waals surface area contributed by atoms with Gasteiger partial charge >= 0.3 is 12.3 Å². The Morgan fingerprint density at radius 1 is 1.10 bits per heavy atom. The molecule has 2 aliphatic rings. The summed E-state index contributed by atoms with van der Waals surface area (Å²) >= 11 is 0. The van der Waals surface area contributed by atoms with E-state index in [1.807, 2.05) is 36.4 Å². The summed E-state index contributed by atoms with van der Waals surface area (Å²) in [6.07, 6.45) is 0.373. The highest BCUT2D eigenvalue weighted by atomic mass is 19.4. The van der Waals surface area contributed by atoms with Gasteiger partial charge in [-0.3, -0.25) is 4.90 Å². The maximum atomic E-state index is 13.3. The van der Waals surface area contributed by atoms with Crippen molar-refractivity contribution in [1.82, 2.24) is 4.90 Å². The molecular weight excluding hydrogens is 391 g/mol. The van der Waals surface area contributed by atoms with Crippen molar-refractivity contribution in [1.29, 1.82) is 0 Å². The maximum absolute atomic E-state index is 13.3. The number of carbonyl (C=O) groups excluding carboxylic acids is 1. The second kappa shape index (κ2) is 8.17. The Labute approximate surface area is 174 Å². The van der Waals surface area contributed by atoms with Crippen LogP contribution in [0.3, 0.4) is 0 Å². The average molecular weight is 415 g/mol. The van der Waals surface area contributed by atoms with Crippen LogP contribution in [0.5, 0.6) is 0 Å². The smallest absolute Gasteiger partial charge is 0.416 e. The molecule has 2 heterocycles. The molecule has 1 fully saturated rings. The molecule has 2 unspecified atom stereocenters. The predicted molar refractivity (Wildman–Crippen MR) is 109 cm³/mol. The number of rotatable bonds is 3. The first-order valence-electron chi connectivity index (χ1n) is 10.2. The Hall–Kier alpha value is -2.76. The van der Waals surface area contributed by atoms with Crippen molar-refractivity contribution in [3.05, 3.63) is 76.9 Å². The highest BCUT2D eigenvalue weighted by molar-refractivity contribution is 5.76. The summed E-state index contributed by atoms with van der Waals surface area (Å²) in [7, 11) is 0. The van der Waals surface area contributed by atoms with Crippen molar-refractivity contribution >= 4 is 11.7 Å². The number of amides is 1. The summed E-state index contributed by atoms with van der Waals surface area (Å²) < 4.78 is 45.5. The number of fused-ring (bicyclic) bond motifs is 2. The van der Waals surface area contributed by atoms with E-state index in [0.717, 1.165) is 36.5 Å². The third kappa shape index (κ3) is 4.09. The Kier molecular flexibility index (Phi) is 5.58. The number of piperidine rings is 1. The quantitative estimate of drug-likeness (QED) is 0.584. The molecule has 0 saturated carbocycles. The van der Waals surface area contributed by atoms with Crippen LogP contribution in [0.2, 0.25) is 0 Å².